The van der Waals surface area contributed by atoms with Gasteiger partial charge >= 0.3 is 5.97 Å². The quantitative estimate of drug-likeness (QED) is 0.284. The summed E-state index contributed by atoms with van der Waals surface area (Å²) >= 11 is 0. The predicted octanol–water partition coefficient (Wildman–Crippen LogP) is 6.53. The van der Waals surface area contributed by atoms with Crippen LogP contribution in [0.5, 0.6) is 11.5 Å². The molecule has 0 aromatic heterocycles. The lowest BCUT2D eigenvalue weighted by atomic mass is 9.88. The van der Waals surface area contributed by atoms with Crippen LogP contribution in [0.2, 0.25) is 0 Å². The first kappa shape index (κ1) is 27.4. The molecule has 5 rings (SSSR count). The third-order valence-corrected chi connectivity index (χ3v) is 8.69. The van der Waals surface area contributed by atoms with Gasteiger partial charge in [-0.15, -0.1) is 0 Å². The van der Waals surface area contributed by atoms with Crippen LogP contribution >= 0.6 is 0 Å². The number of esters is 1. The van der Waals surface area contributed by atoms with E-state index in [1.807, 2.05) is 24.3 Å². The normalized spacial score (nSPS) is 18.3. The molecule has 0 spiro atoms. The molecule has 2 aliphatic rings. The first-order valence-electron chi connectivity index (χ1n) is 13.5. The average molecular weight is 551 g/mol. The van der Waals surface area contributed by atoms with Gasteiger partial charge in [0, 0.05) is 45.9 Å². The SMILES string of the molecule is COC(=O)C[C@@H]1COc2cc(O[C@@H]3CCc4c(-c5c(C)cc(CCCS(C)=O)cc5C)ccc(F)c43)ccc21. The number of hydrogen-bond acceptors (Lipinski definition) is 5. The highest BCUT2D eigenvalue weighted by Gasteiger charge is 2.32. The first-order chi connectivity index (χ1) is 18.7. The zero-order chi connectivity index (χ0) is 27.7. The molecule has 0 bridgehead atoms. The lowest BCUT2D eigenvalue weighted by Crippen LogP contribution is -2.09. The molecule has 39 heavy (non-hydrogen) atoms. The molecule has 0 radical (unpaired) electrons. The highest BCUT2D eigenvalue weighted by Crippen LogP contribution is 2.45. The van der Waals surface area contributed by atoms with Gasteiger partial charge in [-0.25, -0.2) is 4.39 Å². The molecule has 3 aromatic rings. The maximum absolute atomic E-state index is 15.3. The monoisotopic (exact) mass is 550 g/mol. The summed E-state index contributed by atoms with van der Waals surface area (Å²) in [6.45, 7) is 4.65. The van der Waals surface area contributed by atoms with E-state index in [0.29, 0.717) is 35.8 Å². The van der Waals surface area contributed by atoms with Crippen molar-refractivity contribution in [1.29, 1.82) is 0 Å². The van der Waals surface area contributed by atoms with E-state index in [0.717, 1.165) is 52.6 Å². The van der Waals surface area contributed by atoms with Crippen LogP contribution in [-0.2, 0) is 33.2 Å². The molecule has 3 atom stereocenters. The Morgan fingerprint density at radius 2 is 1.90 bits per heavy atom. The number of ether oxygens (including phenoxy) is 3. The summed E-state index contributed by atoms with van der Waals surface area (Å²) in [6, 6.07) is 13.5. The number of fused-ring (bicyclic) bond motifs is 2. The van der Waals surface area contributed by atoms with Gasteiger partial charge in [-0.1, -0.05) is 24.3 Å². The van der Waals surface area contributed by atoms with Crippen LogP contribution in [0.4, 0.5) is 4.39 Å². The summed E-state index contributed by atoms with van der Waals surface area (Å²) < 4.78 is 43.7. The van der Waals surface area contributed by atoms with Crippen LogP contribution in [0, 0.1) is 19.7 Å². The molecule has 5 nitrogen and oxygen atoms in total. The zero-order valence-corrected chi connectivity index (χ0v) is 23.8. The van der Waals surface area contributed by atoms with Crippen LogP contribution in [0.25, 0.3) is 11.1 Å². The first-order valence-corrected chi connectivity index (χ1v) is 15.2. The van der Waals surface area contributed by atoms with E-state index in [1.165, 1.54) is 12.7 Å². The molecule has 1 heterocycles. The molecule has 0 saturated carbocycles. The molecule has 3 aromatic carbocycles. The predicted molar refractivity (Wildman–Crippen MR) is 152 cm³/mol. The average Bonchev–Trinajstić information content (AvgIpc) is 3.49. The Balaban J connectivity index is 1.38. The summed E-state index contributed by atoms with van der Waals surface area (Å²) in [5.41, 5.74) is 8.39. The Bertz CT molecular complexity index is 1410. The third-order valence-electron chi connectivity index (χ3n) is 7.83. The van der Waals surface area contributed by atoms with Crippen molar-refractivity contribution in [2.24, 2.45) is 0 Å². The van der Waals surface area contributed by atoms with Crippen LogP contribution in [-0.4, -0.2) is 35.9 Å². The Labute approximate surface area is 232 Å². The van der Waals surface area contributed by atoms with Gasteiger partial charge < -0.3 is 14.2 Å². The zero-order valence-electron chi connectivity index (χ0n) is 23.0. The van der Waals surface area contributed by atoms with Crippen molar-refractivity contribution in [2.75, 3.05) is 25.7 Å². The molecule has 1 aliphatic heterocycles. The van der Waals surface area contributed by atoms with Crippen molar-refractivity contribution in [3.63, 3.8) is 0 Å². The van der Waals surface area contributed by atoms with Gasteiger partial charge in [0.15, 0.2) is 0 Å². The molecular formula is C32H35FO5S. The van der Waals surface area contributed by atoms with Gasteiger partial charge in [0.2, 0.25) is 0 Å². The van der Waals surface area contributed by atoms with E-state index in [9.17, 15) is 9.00 Å². The standard InChI is InChI=1S/C32H35FO5S/c1-19-14-21(6-5-13-39(4)35)15-20(2)31(19)25-9-11-27(33)32-26(25)10-12-28(32)38-23-7-8-24-22(16-30(34)36-3)18-37-29(24)17-23/h7-9,11,14-15,17,22,28H,5-6,10,12-13,16,18H2,1-4H3/t22-,28-,39?/m1/s1. The molecule has 1 unspecified atom stereocenters. The van der Waals surface area contributed by atoms with Crippen molar-refractivity contribution in [2.45, 2.75) is 58.0 Å². The van der Waals surface area contributed by atoms with Crippen LogP contribution in [0.15, 0.2) is 42.5 Å². The summed E-state index contributed by atoms with van der Waals surface area (Å²) in [7, 11) is 0.606. The number of rotatable bonds is 9. The second kappa shape index (κ2) is 11.5. The lowest BCUT2D eigenvalue weighted by Gasteiger charge is -2.19. The number of carbonyl (C=O) groups is 1. The summed E-state index contributed by atoms with van der Waals surface area (Å²) in [5.74, 6) is 1.48. The van der Waals surface area contributed by atoms with Crippen molar-refractivity contribution in [3.05, 3.63) is 81.7 Å². The maximum Gasteiger partial charge on any atom is 0.306 e. The highest BCUT2D eigenvalue weighted by atomic mass is 32.2. The van der Waals surface area contributed by atoms with E-state index in [-0.39, 0.29) is 30.2 Å². The lowest BCUT2D eigenvalue weighted by molar-refractivity contribution is -0.141. The molecule has 7 heteroatoms. The van der Waals surface area contributed by atoms with E-state index in [1.54, 1.807) is 12.3 Å². The molecule has 206 valence electrons. The Hall–Kier alpha value is -3.19. The van der Waals surface area contributed by atoms with Gasteiger partial charge in [-0.2, -0.15) is 0 Å². The van der Waals surface area contributed by atoms with Gasteiger partial charge in [-0.3, -0.25) is 9.00 Å². The fourth-order valence-corrected chi connectivity index (χ4v) is 6.63. The number of methoxy groups -OCH3 is 1. The highest BCUT2D eigenvalue weighted by molar-refractivity contribution is 7.84. The molecule has 1 aliphatic carbocycles. The number of carbonyl (C=O) groups excluding carboxylic acids is 1. The molecule has 0 amide bonds. The van der Waals surface area contributed by atoms with Gasteiger partial charge in [0.05, 0.1) is 20.1 Å². The van der Waals surface area contributed by atoms with E-state index in [4.69, 9.17) is 14.2 Å². The van der Waals surface area contributed by atoms with Crippen molar-refractivity contribution in [1.82, 2.24) is 0 Å². The summed E-state index contributed by atoms with van der Waals surface area (Å²) in [4.78, 5) is 11.7. The van der Waals surface area contributed by atoms with Gasteiger partial charge in [0.25, 0.3) is 0 Å². The third kappa shape index (κ3) is 5.74. The topological polar surface area (TPSA) is 61.8 Å². The second-order valence-corrected chi connectivity index (χ2v) is 12.2. The van der Waals surface area contributed by atoms with Crippen molar-refractivity contribution >= 4 is 16.8 Å². The van der Waals surface area contributed by atoms with Gasteiger partial charge in [0.1, 0.15) is 23.4 Å². The number of benzene rings is 3. The van der Waals surface area contributed by atoms with Gasteiger partial charge in [-0.05, 0) is 85.0 Å². The van der Waals surface area contributed by atoms with E-state index in [2.05, 4.69) is 26.0 Å². The molecule has 0 fully saturated rings. The summed E-state index contributed by atoms with van der Waals surface area (Å²) in [6.07, 6.45) is 4.84. The van der Waals surface area contributed by atoms with Crippen LogP contribution < -0.4 is 9.47 Å². The summed E-state index contributed by atoms with van der Waals surface area (Å²) in [5, 5.41) is 0. The van der Waals surface area contributed by atoms with Crippen molar-refractivity contribution < 1.29 is 27.6 Å². The molecular weight excluding hydrogens is 515 g/mol. The minimum absolute atomic E-state index is 0.0396. The van der Waals surface area contributed by atoms with Crippen molar-refractivity contribution in [3.8, 4) is 22.6 Å². The second-order valence-electron chi connectivity index (χ2n) is 10.6. The smallest absolute Gasteiger partial charge is 0.306 e. The largest absolute Gasteiger partial charge is 0.492 e. The number of aryl methyl sites for hydroxylation is 3. The van der Waals surface area contributed by atoms with Crippen LogP contribution in [0.3, 0.4) is 0 Å². The fourth-order valence-electron chi connectivity index (χ4n) is 6.08. The fraction of sp³-hybridized carbons (Fsp3) is 0.406. The Morgan fingerprint density at radius 3 is 2.62 bits per heavy atom. The minimum atomic E-state index is -0.781. The van der Waals surface area contributed by atoms with E-state index < -0.39 is 10.8 Å². The molecule has 0 N–H and O–H groups in total. The maximum atomic E-state index is 15.3. The number of halogens is 1. The van der Waals surface area contributed by atoms with Crippen LogP contribution in [0.1, 0.15) is 64.7 Å². The minimum Gasteiger partial charge on any atom is -0.492 e. The number of hydrogen-bond donors (Lipinski definition) is 0. The molecule has 0 saturated heterocycles. The Kier molecular flexibility index (Phi) is 8.08. The Morgan fingerprint density at radius 1 is 1.13 bits per heavy atom. The van der Waals surface area contributed by atoms with E-state index >= 15 is 4.39 Å².